The van der Waals surface area contributed by atoms with Crippen molar-refractivity contribution in [1.82, 2.24) is 20.2 Å². The highest BCUT2D eigenvalue weighted by Gasteiger charge is 2.18. The van der Waals surface area contributed by atoms with Crippen molar-refractivity contribution in [3.63, 3.8) is 0 Å². The minimum absolute atomic E-state index is 0.501. The molecule has 0 radical (unpaired) electrons. The minimum Gasteiger partial charge on any atom is -0.382 e. The van der Waals surface area contributed by atoms with Crippen molar-refractivity contribution in [2.45, 2.75) is 6.10 Å². The van der Waals surface area contributed by atoms with Crippen molar-refractivity contribution in [2.24, 2.45) is 0 Å². The minimum atomic E-state index is -0.845. The Morgan fingerprint density at radius 1 is 1.05 bits per heavy atom. The standard InChI is InChI=1S/C14H12N4O/c19-14(12-9-15-6-7-16-12)11-8-17-18-13(11)10-4-2-1-3-5-10/h1-9,14,19H,(H,17,18). The maximum absolute atomic E-state index is 10.4. The molecule has 1 atom stereocenters. The predicted molar refractivity (Wildman–Crippen MR) is 70.1 cm³/mol. The first-order valence-electron chi connectivity index (χ1n) is 5.89. The molecule has 19 heavy (non-hydrogen) atoms. The van der Waals surface area contributed by atoms with Gasteiger partial charge in [0.15, 0.2) is 0 Å². The van der Waals surface area contributed by atoms with E-state index in [-0.39, 0.29) is 0 Å². The summed E-state index contributed by atoms with van der Waals surface area (Å²) in [6, 6.07) is 9.74. The zero-order valence-corrected chi connectivity index (χ0v) is 10.1. The molecule has 0 fully saturated rings. The summed E-state index contributed by atoms with van der Waals surface area (Å²) < 4.78 is 0. The Hall–Kier alpha value is -2.53. The third-order valence-corrected chi connectivity index (χ3v) is 2.89. The van der Waals surface area contributed by atoms with Crippen LogP contribution in [0.15, 0.2) is 55.1 Å². The SMILES string of the molecule is OC(c1cnccn1)c1cn[nH]c1-c1ccccc1. The Balaban J connectivity index is 2.01. The topological polar surface area (TPSA) is 74.7 Å². The Kier molecular flexibility index (Phi) is 3.04. The molecule has 0 saturated heterocycles. The summed E-state index contributed by atoms with van der Waals surface area (Å²) in [5.74, 6) is 0. The molecule has 1 unspecified atom stereocenters. The third-order valence-electron chi connectivity index (χ3n) is 2.89. The van der Waals surface area contributed by atoms with Gasteiger partial charge in [-0.1, -0.05) is 30.3 Å². The Bertz CT molecular complexity index is 651. The van der Waals surface area contributed by atoms with E-state index in [1.165, 1.54) is 0 Å². The highest BCUT2D eigenvalue weighted by Crippen LogP contribution is 2.28. The normalized spacial score (nSPS) is 12.3. The lowest BCUT2D eigenvalue weighted by Crippen LogP contribution is -2.03. The molecule has 0 aliphatic rings. The molecule has 0 saturated carbocycles. The first-order chi connectivity index (χ1) is 9.36. The van der Waals surface area contributed by atoms with Crippen LogP contribution >= 0.6 is 0 Å². The smallest absolute Gasteiger partial charge is 0.126 e. The molecule has 3 rings (SSSR count). The van der Waals surface area contributed by atoms with Crippen LogP contribution < -0.4 is 0 Å². The van der Waals surface area contributed by atoms with Crippen molar-refractivity contribution < 1.29 is 5.11 Å². The molecule has 5 heteroatoms. The summed E-state index contributed by atoms with van der Waals surface area (Å²) in [5.41, 5.74) is 2.95. The zero-order chi connectivity index (χ0) is 13.1. The van der Waals surface area contributed by atoms with Gasteiger partial charge in [-0.25, -0.2) is 0 Å². The number of hydrogen-bond donors (Lipinski definition) is 2. The van der Waals surface area contributed by atoms with Gasteiger partial charge in [-0.2, -0.15) is 5.10 Å². The van der Waals surface area contributed by atoms with E-state index in [0.29, 0.717) is 11.3 Å². The van der Waals surface area contributed by atoms with Crippen molar-refractivity contribution in [3.8, 4) is 11.3 Å². The number of aliphatic hydroxyl groups is 1. The summed E-state index contributed by atoms with van der Waals surface area (Å²) in [7, 11) is 0. The van der Waals surface area contributed by atoms with Crippen LogP contribution in [0.25, 0.3) is 11.3 Å². The van der Waals surface area contributed by atoms with Gasteiger partial charge in [-0.3, -0.25) is 15.1 Å². The molecule has 3 aromatic rings. The first-order valence-corrected chi connectivity index (χ1v) is 5.89. The monoisotopic (exact) mass is 252 g/mol. The summed E-state index contributed by atoms with van der Waals surface area (Å²) in [5, 5.41) is 17.3. The number of H-pyrrole nitrogens is 1. The highest BCUT2D eigenvalue weighted by atomic mass is 16.3. The van der Waals surface area contributed by atoms with Gasteiger partial charge < -0.3 is 5.11 Å². The molecule has 0 bridgehead atoms. The molecule has 0 aliphatic carbocycles. The van der Waals surface area contributed by atoms with Crippen molar-refractivity contribution in [2.75, 3.05) is 0 Å². The second-order valence-corrected chi connectivity index (χ2v) is 4.10. The number of nitrogens with one attached hydrogen (secondary N) is 1. The van der Waals surface area contributed by atoms with Crippen LogP contribution in [-0.4, -0.2) is 25.3 Å². The number of aromatic nitrogens is 4. The largest absolute Gasteiger partial charge is 0.382 e. The van der Waals surface area contributed by atoms with Crippen LogP contribution in [0.1, 0.15) is 17.4 Å². The number of hydrogen-bond acceptors (Lipinski definition) is 4. The van der Waals surface area contributed by atoms with Crippen molar-refractivity contribution in [3.05, 3.63) is 66.4 Å². The Morgan fingerprint density at radius 3 is 2.63 bits per heavy atom. The molecule has 2 aromatic heterocycles. The molecule has 1 aromatic carbocycles. The molecular formula is C14H12N4O. The quantitative estimate of drug-likeness (QED) is 0.747. The number of aliphatic hydroxyl groups excluding tert-OH is 1. The maximum Gasteiger partial charge on any atom is 0.126 e. The van der Waals surface area contributed by atoms with E-state index < -0.39 is 6.10 Å². The van der Waals surface area contributed by atoms with E-state index in [1.54, 1.807) is 24.8 Å². The molecular weight excluding hydrogens is 240 g/mol. The van der Waals surface area contributed by atoms with Crippen LogP contribution in [0.2, 0.25) is 0 Å². The van der Waals surface area contributed by atoms with Gasteiger partial charge in [0.2, 0.25) is 0 Å². The Morgan fingerprint density at radius 2 is 1.89 bits per heavy atom. The van der Waals surface area contributed by atoms with Gasteiger partial charge in [0.05, 0.1) is 23.8 Å². The van der Waals surface area contributed by atoms with E-state index in [1.807, 2.05) is 30.3 Å². The molecule has 2 heterocycles. The second-order valence-electron chi connectivity index (χ2n) is 4.10. The van der Waals surface area contributed by atoms with Gasteiger partial charge in [0.25, 0.3) is 0 Å². The highest BCUT2D eigenvalue weighted by molar-refractivity contribution is 5.63. The van der Waals surface area contributed by atoms with E-state index in [0.717, 1.165) is 11.3 Å². The van der Waals surface area contributed by atoms with Gasteiger partial charge >= 0.3 is 0 Å². The molecule has 94 valence electrons. The van der Waals surface area contributed by atoms with Gasteiger partial charge in [-0.05, 0) is 5.56 Å². The lowest BCUT2D eigenvalue weighted by molar-refractivity contribution is 0.215. The molecule has 0 amide bonds. The fourth-order valence-electron chi connectivity index (χ4n) is 1.95. The fourth-order valence-corrected chi connectivity index (χ4v) is 1.95. The van der Waals surface area contributed by atoms with Crippen molar-refractivity contribution in [1.29, 1.82) is 0 Å². The Labute approximate surface area is 110 Å². The van der Waals surface area contributed by atoms with Crippen molar-refractivity contribution >= 4 is 0 Å². The van der Waals surface area contributed by atoms with E-state index in [4.69, 9.17) is 0 Å². The van der Waals surface area contributed by atoms with E-state index >= 15 is 0 Å². The average molecular weight is 252 g/mol. The molecule has 2 N–H and O–H groups in total. The van der Waals surface area contributed by atoms with Crippen LogP contribution in [0.4, 0.5) is 0 Å². The van der Waals surface area contributed by atoms with E-state index in [9.17, 15) is 5.11 Å². The summed E-state index contributed by atoms with van der Waals surface area (Å²) in [6.45, 7) is 0. The van der Waals surface area contributed by atoms with Crippen LogP contribution in [0, 0.1) is 0 Å². The van der Waals surface area contributed by atoms with E-state index in [2.05, 4.69) is 20.2 Å². The number of nitrogens with zero attached hydrogens (tertiary/aromatic N) is 3. The summed E-state index contributed by atoms with van der Waals surface area (Å²) in [4.78, 5) is 8.08. The molecule has 5 nitrogen and oxygen atoms in total. The molecule has 0 aliphatic heterocycles. The lowest BCUT2D eigenvalue weighted by Gasteiger charge is -2.10. The summed E-state index contributed by atoms with van der Waals surface area (Å²) >= 11 is 0. The fraction of sp³-hybridized carbons (Fsp3) is 0.0714. The zero-order valence-electron chi connectivity index (χ0n) is 10.1. The number of benzene rings is 1. The molecule has 0 spiro atoms. The average Bonchev–Trinajstić information content (AvgIpc) is 2.98. The number of aromatic amines is 1. The van der Waals surface area contributed by atoms with Gasteiger partial charge in [0, 0.05) is 18.0 Å². The second kappa shape index (κ2) is 4.99. The summed E-state index contributed by atoms with van der Waals surface area (Å²) in [6.07, 6.45) is 5.45. The third kappa shape index (κ3) is 2.23. The van der Waals surface area contributed by atoms with Crippen LogP contribution in [0.5, 0.6) is 0 Å². The van der Waals surface area contributed by atoms with Crippen LogP contribution in [-0.2, 0) is 0 Å². The maximum atomic E-state index is 10.4. The van der Waals surface area contributed by atoms with Gasteiger partial charge in [-0.15, -0.1) is 0 Å². The van der Waals surface area contributed by atoms with Gasteiger partial charge in [0.1, 0.15) is 6.10 Å². The first kappa shape index (κ1) is 11.6. The predicted octanol–water partition coefficient (Wildman–Crippen LogP) is 1.95. The lowest BCUT2D eigenvalue weighted by atomic mass is 10.0. The van der Waals surface area contributed by atoms with Crippen LogP contribution in [0.3, 0.4) is 0 Å². The number of rotatable bonds is 3.